The van der Waals surface area contributed by atoms with E-state index in [-0.39, 0.29) is 6.04 Å². The average Bonchev–Trinajstić information content (AvgIpc) is 2.86. The molecule has 33 heavy (non-hydrogen) atoms. The number of hydrogen-bond donors (Lipinski definition) is 1. The van der Waals surface area contributed by atoms with E-state index in [0.29, 0.717) is 5.75 Å². The molecule has 4 nitrogen and oxygen atoms in total. The van der Waals surface area contributed by atoms with Crippen molar-refractivity contribution in [3.8, 4) is 11.5 Å². The van der Waals surface area contributed by atoms with Crippen molar-refractivity contribution < 1.29 is 9.84 Å². The molecule has 3 aromatic rings. The molecule has 0 radical (unpaired) electrons. The smallest absolute Gasteiger partial charge is 0.119 e. The van der Waals surface area contributed by atoms with E-state index in [0.717, 1.165) is 38.3 Å². The van der Waals surface area contributed by atoms with Gasteiger partial charge in [-0.25, -0.2) is 0 Å². The van der Waals surface area contributed by atoms with Gasteiger partial charge in [-0.2, -0.15) is 0 Å². The van der Waals surface area contributed by atoms with Crippen molar-refractivity contribution in [1.82, 2.24) is 4.90 Å². The molecule has 0 bridgehead atoms. The minimum Gasteiger partial charge on any atom is -0.508 e. The molecule has 1 N–H and O–H groups in total. The van der Waals surface area contributed by atoms with Gasteiger partial charge in [0.15, 0.2) is 0 Å². The molecule has 5 rings (SSSR count). The van der Waals surface area contributed by atoms with E-state index in [1.54, 1.807) is 0 Å². The van der Waals surface area contributed by atoms with Crippen LogP contribution in [-0.2, 0) is 12.8 Å². The first-order valence-electron chi connectivity index (χ1n) is 12.3. The number of phenolic OH excluding ortho intramolecular Hbond substituents is 1. The predicted octanol–water partition coefficient (Wildman–Crippen LogP) is 5.60. The summed E-state index contributed by atoms with van der Waals surface area (Å²) in [6.07, 6.45) is 5.87. The van der Waals surface area contributed by atoms with Crippen LogP contribution in [0.3, 0.4) is 0 Å². The average molecular weight is 443 g/mol. The summed E-state index contributed by atoms with van der Waals surface area (Å²) in [5, 5.41) is 10.0. The molecule has 0 amide bonds. The van der Waals surface area contributed by atoms with Gasteiger partial charge in [-0.3, -0.25) is 4.90 Å². The maximum atomic E-state index is 10.0. The highest BCUT2D eigenvalue weighted by Crippen LogP contribution is 2.37. The van der Waals surface area contributed by atoms with Crippen molar-refractivity contribution >= 4 is 5.69 Å². The molecule has 1 atom stereocenters. The number of para-hydroxylation sites is 1. The summed E-state index contributed by atoms with van der Waals surface area (Å²) < 4.78 is 6.03. The minimum absolute atomic E-state index is 0.239. The van der Waals surface area contributed by atoms with Gasteiger partial charge in [0.05, 0.1) is 6.04 Å². The van der Waals surface area contributed by atoms with Crippen LogP contribution in [0.2, 0.25) is 0 Å². The van der Waals surface area contributed by atoms with Crippen molar-refractivity contribution in [3.63, 3.8) is 0 Å². The van der Waals surface area contributed by atoms with E-state index in [4.69, 9.17) is 4.74 Å². The molecule has 172 valence electrons. The van der Waals surface area contributed by atoms with E-state index >= 15 is 0 Å². The molecule has 1 unspecified atom stereocenters. The second-order valence-corrected chi connectivity index (χ2v) is 9.28. The Morgan fingerprint density at radius 2 is 1.64 bits per heavy atom. The summed E-state index contributed by atoms with van der Waals surface area (Å²) in [5.74, 6) is 1.30. The van der Waals surface area contributed by atoms with Gasteiger partial charge in [0.25, 0.3) is 0 Å². The summed E-state index contributed by atoms with van der Waals surface area (Å²) >= 11 is 0. The highest BCUT2D eigenvalue weighted by atomic mass is 16.5. The topological polar surface area (TPSA) is 35.9 Å². The zero-order chi connectivity index (χ0) is 22.5. The van der Waals surface area contributed by atoms with Gasteiger partial charge in [-0.1, -0.05) is 42.8 Å². The molecule has 0 aromatic heterocycles. The van der Waals surface area contributed by atoms with E-state index in [1.165, 1.54) is 54.7 Å². The number of benzene rings is 3. The SMILES string of the molecule is Oc1ccc2c(c1)CCN(c1ccccc1)C2Cc1ccc(OCCN2CCCCC2)cc1. The standard InChI is InChI=1S/C29H34N2O2/c32-26-11-14-28-24(22-26)15-18-31(25-7-3-1-4-8-25)29(28)21-23-9-12-27(13-10-23)33-20-19-30-16-5-2-6-17-30/h1,3-4,7-14,22,29,32H,2,5-6,15-21H2. The Hall–Kier alpha value is -2.98. The van der Waals surface area contributed by atoms with Gasteiger partial charge in [0.2, 0.25) is 0 Å². The van der Waals surface area contributed by atoms with Gasteiger partial charge in [-0.05, 0) is 91.9 Å². The molecule has 0 aliphatic carbocycles. The maximum absolute atomic E-state index is 10.0. The number of phenols is 1. The minimum atomic E-state index is 0.239. The first kappa shape index (κ1) is 21.8. The Morgan fingerprint density at radius 1 is 0.848 bits per heavy atom. The van der Waals surface area contributed by atoms with Crippen LogP contribution in [0.15, 0.2) is 72.8 Å². The molecule has 4 heteroatoms. The molecule has 2 heterocycles. The van der Waals surface area contributed by atoms with Crippen LogP contribution in [0.1, 0.15) is 42.0 Å². The van der Waals surface area contributed by atoms with Crippen LogP contribution in [-0.4, -0.2) is 42.8 Å². The van der Waals surface area contributed by atoms with Crippen LogP contribution in [0, 0.1) is 0 Å². The Labute approximate surface area is 197 Å². The predicted molar refractivity (Wildman–Crippen MR) is 134 cm³/mol. The molecule has 0 saturated carbocycles. The zero-order valence-electron chi connectivity index (χ0n) is 19.3. The lowest BCUT2D eigenvalue weighted by Crippen LogP contribution is -2.36. The molecule has 3 aromatic carbocycles. The number of piperidine rings is 1. The number of nitrogens with zero attached hydrogens (tertiary/aromatic N) is 2. The van der Waals surface area contributed by atoms with Crippen LogP contribution in [0.5, 0.6) is 11.5 Å². The van der Waals surface area contributed by atoms with E-state index in [1.807, 2.05) is 12.1 Å². The maximum Gasteiger partial charge on any atom is 0.119 e. The van der Waals surface area contributed by atoms with E-state index in [2.05, 4.69) is 70.5 Å². The van der Waals surface area contributed by atoms with Gasteiger partial charge in [0, 0.05) is 18.8 Å². The van der Waals surface area contributed by atoms with Gasteiger partial charge in [0.1, 0.15) is 18.1 Å². The van der Waals surface area contributed by atoms with E-state index in [9.17, 15) is 5.11 Å². The summed E-state index contributed by atoms with van der Waals surface area (Å²) in [5.41, 5.74) is 5.11. The van der Waals surface area contributed by atoms with Crippen molar-refractivity contribution in [2.24, 2.45) is 0 Å². The van der Waals surface area contributed by atoms with Crippen LogP contribution < -0.4 is 9.64 Å². The molecule has 1 fully saturated rings. The number of hydrogen-bond acceptors (Lipinski definition) is 4. The van der Waals surface area contributed by atoms with Gasteiger partial charge in [-0.15, -0.1) is 0 Å². The molecule has 0 spiro atoms. The lowest BCUT2D eigenvalue weighted by atomic mass is 9.88. The second-order valence-electron chi connectivity index (χ2n) is 9.28. The molecule has 2 aliphatic rings. The fourth-order valence-corrected chi connectivity index (χ4v) is 5.27. The molecular formula is C29H34N2O2. The number of anilines is 1. The van der Waals surface area contributed by atoms with E-state index < -0.39 is 0 Å². The fraction of sp³-hybridized carbons (Fsp3) is 0.379. The van der Waals surface area contributed by atoms with Crippen molar-refractivity contribution in [3.05, 3.63) is 89.5 Å². The third-order valence-electron chi connectivity index (χ3n) is 7.05. The van der Waals surface area contributed by atoms with Crippen LogP contribution >= 0.6 is 0 Å². The first-order chi connectivity index (χ1) is 16.3. The molecular weight excluding hydrogens is 408 g/mol. The Kier molecular flexibility index (Phi) is 6.82. The first-order valence-corrected chi connectivity index (χ1v) is 12.3. The Bertz CT molecular complexity index is 1030. The third kappa shape index (κ3) is 5.33. The summed E-state index contributed by atoms with van der Waals surface area (Å²) in [7, 11) is 0. The number of aromatic hydroxyl groups is 1. The summed E-state index contributed by atoms with van der Waals surface area (Å²) in [4.78, 5) is 5.01. The number of likely N-dealkylation sites (tertiary alicyclic amines) is 1. The summed E-state index contributed by atoms with van der Waals surface area (Å²) in [6, 6.07) is 25.4. The molecule has 2 aliphatic heterocycles. The zero-order valence-corrected chi connectivity index (χ0v) is 19.3. The number of fused-ring (bicyclic) bond motifs is 1. The monoisotopic (exact) mass is 442 g/mol. The number of ether oxygens (including phenoxy) is 1. The largest absolute Gasteiger partial charge is 0.508 e. The third-order valence-corrected chi connectivity index (χ3v) is 7.05. The lowest BCUT2D eigenvalue weighted by molar-refractivity contribution is 0.183. The normalized spacial score (nSPS) is 18.7. The Morgan fingerprint density at radius 3 is 2.42 bits per heavy atom. The van der Waals surface area contributed by atoms with Gasteiger partial charge < -0.3 is 14.7 Å². The lowest BCUT2D eigenvalue weighted by Gasteiger charge is -2.39. The van der Waals surface area contributed by atoms with Crippen LogP contribution in [0.4, 0.5) is 5.69 Å². The van der Waals surface area contributed by atoms with Gasteiger partial charge >= 0.3 is 0 Å². The highest BCUT2D eigenvalue weighted by Gasteiger charge is 2.28. The van der Waals surface area contributed by atoms with Crippen molar-refractivity contribution in [1.29, 1.82) is 0 Å². The summed E-state index contributed by atoms with van der Waals surface area (Å²) in [6.45, 7) is 5.13. The second kappa shape index (κ2) is 10.3. The quantitative estimate of drug-likeness (QED) is 0.516. The number of rotatable bonds is 7. The fourth-order valence-electron chi connectivity index (χ4n) is 5.27. The van der Waals surface area contributed by atoms with Crippen molar-refractivity contribution in [2.45, 2.75) is 38.1 Å². The Balaban J connectivity index is 1.28. The van der Waals surface area contributed by atoms with Crippen LogP contribution in [0.25, 0.3) is 0 Å². The molecule has 1 saturated heterocycles. The van der Waals surface area contributed by atoms with Crippen molar-refractivity contribution in [2.75, 3.05) is 37.7 Å². The highest BCUT2D eigenvalue weighted by molar-refractivity contribution is 5.53.